The molecule has 1 saturated carbocycles. The standard InChI is InChI=1S/C35H44F2O/c1-6-24(7-2)22-38-35-25(8-3)20-30(21-26(35)9-4)32-19-18-31(33(36)34(32)37)29-16-14-28(15-17-29)27-12-10-23(5)11-13-27/h14-21,23-24,27H,6-13,22H2,1-5H3. The van der Waals surface area contributed by atoms with Crippen LogP contribution in [0.1, 0.15) is 95.8 Å². The molecule has 0 amide bonds. The zero-order chi connectivity index (χ0) is 27.2. The Morgan fingerprint density at radius 3 is 1.76 bits per heavy atom. The Labute approximate surface area is 228 Å². The lowest BCUT2D eigenvalue weighted by atomic mass is 9.79. The summed E-state index contributed by atoms with van der Waals surface area (Å²) in [7, 11) is 0. The normalized spacial score (nSPS) is 17.7. The Bertz CT molecular complexity index is 1180. The fourth-order valence-electron chi connectivity index (χ4n) is 5.87. The van der Waals surface area contributed by atoms with E-state index in [2.05, 4.69) is 46.8 Å². The first-order valence-corrected chi connectivity index (χ1v) is 14.8. The first-order chi connectivity index (χ1) is 18.4. The summed E-state index contributed by atoms with van der Waals surface area (Å²) in [5.74, 6) is 1.24. The molecular formula is C35H44F2O. The molecular weight excluding hydrogens is 474 g/mol. The minimum absolute atomic E-state index is 0.301. The Hall–Kier alpha value is -2.68. The van der Waals surface area contributed by atoms with Gasteiger partial charge in [-0.25, -0.2) is 8.78 Å². The summed E-state index contributed by atoms with van der Waals surface area (Å²) >= 11 is 0. The highest BCUT2D eigenvalue weighted by Crippen LogP contribution is 2.38. The highest BCUT2D eigenvalue weighted by Gasteiger charge is 2.21. The van der Waals surface area contributed by atoms with Crippen LogP contribution in [0, 0.1) is 23.5 Å². The van der Waals surface area contributed by atoms with Crippen molar-refractivity contribution in [1.82, 2.24) is 0 Å². The summed E-state index contributed by atoms with van der Waals surface area (Å²) < 4.78 is 37.3. The van der Waals surface area contributed by atoms with Crippen LogP contribution in [-0.2, 0) is 12.8 Å². The molecule has 0 N–H and O–H groups in total. The van der Waals surface area contributed by atoms with Crippen molar-refractivity contribution in [3.63, 3.8) is 0 Å². The van der Waals surface area contributed by atoms with Crippen molar-refractivity contribution < 1.29 is 13.5 Å². The first-order valence-electron chi connectivity index (χ1n) is 14.8. The van der Waals surface area contributed by atoms with Gasteiger partial charge in [0.05, 0.1) is 6.61 Å². The van der Waals surface area contributed by atoms with Gasteiger partial charge in [-0.15, -0.1) is 0 Å². The molecule has 0 saturated heterocycles. The van der Waals surface area contributed by atoms with Crippen LogP contribution < -0.4 is 4.74 Å². The van der Waals surface area contributed by atoms with Gasteiger partial charge in [0.15, 0.2) is 11.6 Å². The quantitative estimate of drug-likeness (QED) is 0.259. The van der Waals surface area contributed by atoms with Gasteiger partial charge < -0.3 is 4.74 Å². The van der Waals surface area contributed by atoms with Crippen LogP contribution in [0.5, 0.6) is 5.75 Å². The van der Waals surface area contributed by atoms with Crippen LogP contribution >= 0.6 is 0 Å². The first kappa shape index (κ1) is 28.3. The number of ether oxygens (including phenoxy) is 1. The Morgan fingerprint density at radius 2 is 1.26 bits per heavy atom. The van der Waals surface area contributed by atoms with E-state index in [0.717, 1.165) is 54.0 Å². The van der Waals surface area contributed by atoms with E-state index in [1.807, 2.05) is 24.3 Å². The van der Waals surface area contributed by atoms with Gasteiger partial charge in [-0.2, -0.15) is 0 Å². The highest BCUT2D eigenvalue weighted by molar-refractivity contribution is 5.73. The van der Waals surface area contributed by atoms with Crippen molar-refractivity contribution in [1.29, 1.82) is 0 Å². The van der Waals surface area contributed by atoms with E-state index in [-0.39, 0.29) is 0 Å². The molecule has 0 bridgehead atoms. The predicted molar refractivity (Wildman–Crippen MR) is 156 cm³/mol. The molecule has 1 nitrogen and oxygen atoms in total. The molecule has 3 aromatic rings. The van der Waals surface area contributed by atoms with Crippen molar-refractivity contribution in [2.45, 2.75) is 91.9 Å². The van der Waals surface area contributed by atoms with Gasteiger partial charge in [0, 0.05) is 11.1 Å². The number of halogens is 2. The zero-order valence-electron chi connectivity index (χ0n) is 23.9. The third kappa shape index (κ3) is 6.14. The smallest absolute Gasteiger partial charge is 0.167 e. The van der Waals surface area contributed by atoms with Crippen molar-refractivity contribution in [2.24, 2.45) is 11.8 Å². The van der Waals surface area contributed by atoms with E-state index in [1.165, 1.54) is 31.2 Å². The summed E-state index contributed by atoms with van der Waals surface area (Å²) in [4.78, 5) is 0. The van der Waals surface area contributed by atoms with Gasteiger partial charge in [-0.3, -0.25) is 0 Å². The second kappa shape index (κ2) is 12.9. The van der Waals surface area contributed by atoms with Crippen molar-refractivity contribution in [2.75, 3.05) is 6.61 Å². The van der Waals surface area contributed by atoms with Crippen LogP contribution in [0.4, 0.5) is 8.78 Å². The maximum Gasteiger partial charge on any atom is 0.167 e. The van der Waals surface area contributed by atoms with Gasteiger partial charge in [0.25, 0.3) is 0 Å². The highest BCUT2D eigenvalue weighted by atomic mass is 19.2. The summed E-state index contributed by atoms with van der Waals surface area (Å²) in [6.45, 7) is 11.6. The monoisotopic (exact) mass is 518 g/mol. The molecule has 0 radical (unpaired) electrons. The van der Waals surface area contributed by atoms with Gasteiger partial charge in [-0.1, -0.05) is 96.7 Å². The third-order valence-electron chi connectivity index (χ3n) is 8.72. The Morgan fingerprint density at radius 1 is 0.737 bits per heavy atom. The van der Waals surface area contributed by atoms with Crippen molar-refractivity contribution >= 4 is 0 Å². The molecule has 4 rings (SSSR count). The molecule has 1 aliphatic carbocycles. The van der Waals surface area contributed by atoms with Crippen molar-refractivity contribution in [3.8, 4) is 28.0 Å². The molecule has 1 fully saturated rings. The van der Waals surface area contributed by atoms with E-state index in [4.69, 9.17) is 4.74 Å². The Kier molecular flexibility index (Phi) is 9.63. The van der Waals surface area contributed by atoms with Crippen LogP contribution in [0.3, 0.4) is 0 Å². The number of aryl methyl sites for hydroxylation is 2. The summed E-state index contributed by atoms with van der Waals surface area (Å²) in [5, 5.41) is 0. The molecule has 0 heterocycles. The molecule has 204 valence electrons. The lowest BCUT2D eigenvalue weighted by Gasteiger charge is -2.26. The van der Waals surface area contributed by atoms with Crippen LogP contribution in [0.2, 0.25) is 0 Å². The topological polar surface area (TPSA) is 9.23 Å². The SMILES string of the molecule is CCc1cc(-c2ccc(-c3ccc(C4CCC(C)CC4)cc3)c(F)c2F)cc(CC)c1OCC(CC)CC. The van der Waals surface area contributed by atoms with E-state index >= 15 is 8.78 Å². The van der Waals surface area contributed by atoms with Crippen LogP contribution in [0.25, 0.3) is 22.3 Å². The van der Waals surface area contributed by atoms with Gasteiger partial charge in [0.1, 0.15) is 5.75 Å². The molecule has 1 aliphatic rings. The number of benzene rings is 3. The summed E-state index contributed by atoms with van der Waals surface area (Å²) in [6.07, 6.45) is 8.64. The molecule has 3 heteroatoms. The lowest BCUT2D eigenvalue weighted by Crippen LogP contribution is -2.12. The second-order valence-electron chi connectivity index (χ2n) is 11.2. The molecule has 0 spiro atoms. The Balaban J connectivity index is 1.61. The minimum Gasteiger partial charge on any atom is -0.493 e. The van der Waals surface area contributed by atoms with Gasteiger partial charge in [0.2, 0.25) is 0 Å². The van der Waals surface area contributed by atoms with E-state index in [9.17, 15) is 0 Å². The average Bonchev–Trinajstić information content (AvgIpc) is 2.95. The summed E-state index contributed by atoms with van der Waals surface area (Å²) in [6, 6.07) is 15.5. The fourth-order valence-corrected chi connectivity index (χ4v) is 5.87. The maximum atomic E-state index is 15.6. The molecule has 0 unspecified atom stereocenters. The minimum atomic E-state index is -0.789. The number of hydrogen-bond acceptors (Lipinski definition) is 1. The predicted octanol–water partition coefficient (Wildman–Crippen LogP) is 10.5. The molecule has 0 aliphatic heterocycles. The second-order valence-corrected chi connectivity index (χ2v) is 11.2. The van der Waals surface area contributed by atoms with E-state index < -0.39 is 11.6 Å². The molecule has 0 atom stereocenters. The maximum absolute atomic E-state index is 15.6. The zero-order valence-corrected chi connectivity index (χ0v) is 23.9. The third-order valence-corrected chi connectivity index (χ3v) is 8.72. The average molecular weight is 519 g/mol. The molecule has 38 heavy (non-hydrogen) atoms. The number of rotatable bonds is 10. The molecule has 3 aromatic carbocycles. The molecule has 0 aromatic heterocycles. The lowest BCUT2D eigenvalue weighted by molar-refractivity contribution is 0.237. The van der Waals surface area contributed by atoms with E-state index in [0.29, 0.717) is 35.1 Å². The van der Waals surface area contributed by atoms with Gasteiger partial charge in [-0.05, 0) is 83.4 Å². The summed E-state index contributed by atoms with van der Waals surface area (Å²) in [5.41, 5.74) is 5.43. The van der Waals surface area contributed by atoms with E-state index in [1.54, 1.807) is 12.1 Å². The fraction of sp³-hybridized carbons (Fsp3) is 0.486. The van der Waals surface area contributed by atoms with Crippen LogP contribution in [0.15, 0.2) is 48.5 Å². The van der Waals surface area contributed by atoms with Crippen molar-refractivity contribution in [3.05, 3.63) is 76.9 Å². The largest absolute Gasteiger partial charge is 0.493 e. The van der Waals surface area contributed by atoms with Gasteiger partial charge >= 0.3 is 0 Å². The van der Waals surface area contributed by atoms with Crippen LogP contribution in [-0.4, -0.2) is 6.61 Å². The number of hydrogen-bond donors (Lipinski definition) is 0.